The van der Waals surface area contributed by atoms with Gasteiger partial charge in [0, 0.05) is 22.7 Å². The number of nitrogens with one attached hydrogen (secondary N) is 1. The van der Waals surface area contributed by atoms with E-state index in [1.807, 2.05) is 24.3 Å². The Morgan fingerprint density at radius 1 is 0.946 bits per heavy atom. The summed E-state index contributed by atoms with van der Waals surface area (Å²) in [6.45, 7) is 3.08. The Labute approximate surface area is 214 Å². The zero-order valence-electron chi connectivity index (χ0n) is 20.5. The van der Waals surface area contributed by atoms with Gasteiger partial charge in [0.2, 0.25) is 0 Å². The summed E-state index contributed by atoms with van der Waals surface area (Å²) in [5.74, 6) is 1.35. The normalized spacial score (nSPS) is 16.9. The Kier molecular flexibility index (Phi) is 7.09. The molecule has 3 aromatic carbocycles. The van der Waals surface area contributed by atoms with Crippen LogP contribution in [0.4, 0.5) is 0 Å². The number of rotatable bonds is 7. The summed E-state index contributed by atoms with van der Waals surface area (Å²) in [5.41, 5.74) is 3.17. The number of ether oxygens (including phenoxy) is 1. The number of aromatic nitrogens is 1. The van der Waals surface area contributed by atoms with E-state index in [9.17, 15) is 15.4 Å². The molecule has 0 bridgehead atoms. The van der Waals surface area contributed by atoms with Crippen molar-refractivity contribution in [2.75, 3.05) is 6.54 Å². The smallest absolute Gasteiger partial charge is 0.177 e. The molecule has 8 heteroatoms. The number of aromatic hydroxyl groups is 2. The fraction of sp³-hybridized carbons (Fsp3) is 0.241. The van der Waals surface area contributed by atoms with Gasteiger partial charge in [0.1, 0.15) is 34.8 Å². The highest BCUT2D eigenvalue weighted by Gasteiger charge is 2.26. The zero-order chi connectivity index (χ0) is 25.8. The summed E-state index contributed by atoms with van der Waals surface area (Å²) in [6, 6.07) is 20.7. The summed E-state index contributed by atoms with van der Waals surface area (Å²) in [6.07, 6.45) is 3.51. The Bertz CT molecular complexity index is 1290. The molecule has 0 saturated carbocycles. The quantitative estimate of drug-likeness (QED) is 0.149. The van der Waals surface area contributed by atoms with Crippen molar-refractivity contribution in [3.05, 3.63) is 83.9 Å². The van der Waals surface area contributed by atoms with E-state index in [4.69, 9.17) is 9.26 Å². The Morgan fingerprint density at radius 2 is 1.59 bits per heavy atom. The highest BCUT2D eigenvalue weighted by molar-refractivity contribution is 6.18. The first-order valence-electron chi connectivity index (χ1n) is 12.3. The summed E-state index contributed by atoms with van der Waals surface area (Å²) >= 11 is 0. The zero-order valence-corrected chi connectivity index (χ0v) is 20.5. The van der Waals surface area contributed by atoms with Crippen molar-refractivity contribution in [3.63, 3.8) is 0 Å². The SMILES string of the molecule is CC(Oc1ccc(/C(=N\O)c2c(-c3ccc(O)cc3)noc2-c2ccc(O)cc2)cc1)C1CCCCN1. The molecule has 8 nitrogen and oxygen atoms in total. The van der Waals surface area contributed by atoms with Gasteiger partial charge in [0.05, 0.1) is 5.56 Å². The van der Waals surface area contributed by atoms with Crippen LogP contribution in [0, 0.1) is 0 Å². The van der Waals surface area contributed by atoms with Crippen molar-refractivity contribution in [1.82, 2.24) is 10.5 Å². The largest absolute Gasteiger partial charge is 0.508 e. The van der Waals surface area contributed by atoms with E-state index in [-0.39, 0.29) is 23.3 Å². The van der Waals surface area contributed by atoms with Crippen LogP contribution in [0.2, 0.25) is 0 Å². The Hall–Kier alpha value is -4.30. The molecule has 4 N–H and O–H groups in total. The monoisotopic (exact) mass is 499 g/mol. The molecule has 5 rings (SSSR count). The van der Waals surface area contributed by atoms with Gasteiger partial charge in [-0.1, -0.05) is 16.7 Å². The van der Waals surface area contributed by atoms with Gasteiger partial charge in [0.15, 0.2) is 5.76 Å². The van der Waals surface area contributed by atoms with Crippen molar-refractivity contribution in [2.45, 2.75) is 38.3 Å². The average Bonchev–Trinajstić information content (AvgIpc) is 3.36. The minimum Gasteiger partial charge on any atom is -0.508 e. The highest BCUT2D eigenvalue weighted by Crippen LogP contribution is 2.36. The third kappa shape index (κ3) is 5.29. The van der Waals surface area contributed by atoms with E-state index < -0.39 is 0 Å². The molecular weight excluding hydrogens is 470 g/mol. The van der Waals surface area contributed by atoms with Crippen molar-refractivity contribution in [2.24, 2.45) is 5.16 Å². The van der Waals surface area contributed by atoms with Gasteiger partial charge in [-0.3, -0.25) is 0 Å². The third-order valence-corrected chi connectivity index (χ3v) is 6.66. The summed E-state index contributed by atoms with van der Waals surface area (Å²) < 4.78 is 11.9. The summed E-state index contributed by atoms with van der Waals surface area (Å²) in [5, 5.41) is 41.1. The topological polar surface area (TPSA) is 120 Å². The first-order chi connectivity index (χ1) is 18.0. The van der Waals surface area contributed by atoms with E-state index in [1.54, 1.807) is 48.5 Å². The number of phenols is 2. The minimum atomic E-state index is 0.0254. The second kappa shape index (κ2) is 10.8. The molecule has 1 aliphatic heterocycles. The second-order valence-corrected chi connectivity index (χ2v) is 9.18. The molecule has 2 unspecified atom stereocenters. The van der Waals surface area contributed by atoms with E-state index in [1.165, 1.54) is 12.8 Å². The van der Waals surface area contributed by atoms with Crippen LogP contribution in [0.1, 0.15) is 37.3 Å². The maximum absolute atomic E-state index is 10.2. The highest BCUT2D eigenvalue weighted by atomic mass is 16.5. The second-order valence-electron chi connectivity index (χ2n) is 9.18. The molecule has 0 aliphatic carbocycles. The van der Waals surface area contributed by atoms with Crippen LogP contribution in [0.5, 0.6) is 17.2 Å². The lowest BCUT2D eigenvalue weighted by Crippen LogP contribution is -2.44. The van der Waals surface area contributed by atoms with Crippen LogP contribution in [0.15, 0.2) is 82.5 Å². The van der Waals surface area contributed by atoms with Crippen LogP contribution < -0.4 is 10.1 Å². The van der Waals surface area contributed by atoms with E-state index >= 15 is 0 Å². The average molecular weight is 500 g/mol. The lowest BCUT2D eigenvalue weighted by molar-refractivity contribution is 0.152. The molecule has 0 radical (unpaired) electrons. The van der Waals surface area contributed by atoms with Crippen LogP contribution in [0.3, 0.4) is 0 Å². The third-order valence-electron chi connectivity index (χ3n) is 6.66. The molecule has 0 amide bonds. The number of piperidine rings is 1. The van der Waals surface area contributed by atoms with E-state index in [0.717, 1.165) is 18.7 Å². The Balaban J connectivity index is 1.50. The van der Waals surface area contributed by atoms with Gasteiger partial charge in [0.25, 0.3) is 0 Å². The van der Waals surface area contributed by atoms with Gasteiger partial charge in [-0.25, -0.2) is 0 Å². The van der Waals surface area contributed by atoms with Crippen molar-refractivity contribution >= 4 is 5.71 Å². The first-order valence-corrected chi connectivity index (χ1v) is 12.3. The number of oxime groups is 1. The molecule has 1 saturated heterocycles. The van der Waals surface area contributed by atoms with E-state index in [2.05, 4.69) is 22.6 Å². The fourth-order valence-corrected chi connectivity index (χ4v) is 4.66. The summed E-state index contributed by atoms with van der Waals surface area (Å²) in [4.78, 5) is 0. The lowest BCUT2D eigenvalue weighted by Gasteiger charge is -2.29. The van der Waals surface area contributed by atoms with Gasteiger partial charge in [-0.15, -0.1) is 0 Å². The molecule has 4 aromatic rings. The Morgan fingerprint density at radius 3 is 2.19 bits per heavy atom. The molecule has 2 heterocycles. The predicted octanol–water partition coefficient (Wildman–Crippen LogP) is 5.56. The molecular formula is C29H29N3O5. The van der Waals surface area contributed by atoms with Crippen LogP contribution >= 0.6 is 0 Å². The molecule has 1 aromatic heterocycles. The van der Waals surface area contributed by atoms with Gasteiger partial charge in [-0.2, -0.15) is 0 Å². The number of hydrogen-bond donors (Lipinski definition) is 4. The van der Waals surface area contributed by atoms with Crippen molar-refractivity contribution in [1.29, 1.82) is 0 Å². The predicted molar refractivity (Wildman–Crippen MR) is 140 cm³/mol. The minimum absolute atomic E-state index is 0.0254. The van der Waals surface area contributed by atoms with Crippen LogP contribution in [-0.4, -0.2) is 45.0 Å². The first kappa shape index (κ1) is 24.4. The number of hydrogen-bond acceptors (Lipinski definition) is 8. The molecule has 2 atom stereocenters. The molecule has 0 spiro atoms. The van der Waals surface area contributed by atoms with Crippen molar-refractivity contribution < 1.29 is 24.7 Å². The fourth-order valence-electron chi connectivity index (χ4n) is 4.66. The summed E-state index contributed by atoms with van der Waals surface area (Å²) in [7, 11) is 0. The van der Waals surface area contributed by atoms with Gasteiger partial charge in [-0.05, 0) is 99.1 Å². The maximum atomic E-state index is 10.2. The molecule has 1 fully saturated rings. The standard InChI is InChI=1S/C29H29N3O5/c1-18(25-4-2-3-17-30-25)36-24-15-9-19(10-16-24)27(31-35)26-28(20-5-11-22(33)12-6-20)32-37-29(26)21-7-13-23(34)14-8-21/h5-16,18,25,30,33-35H,2-4,17H2,1H3/b31-27+. The number of phenolic OH excluding ortho intramolecular Hbond substituents is 2. The molecule has 37 heavy (non-hydrogen) atoms. The number of nitrogens with zero attached hydrogens (tertiary/aromatic N) is 2. The number of benzene rings is 3. The van der Waals surface area contributed by atoms with Gasteiger partial charge < -0.3 is 30.0 Å². The van der Waals surface area contributed by atoms with Crippen LogP contribution in [0.25, 0.3) is 22.6 Å². The van der Waals surface area contributed by atoms with E-state index in [0.29, 0.717) is 39.7 Å². The van der Waals surface area contributed by atoms with Crippen molar-refractivity contribution in [3.8, 4) is 39.8 Å². The molecule has 1 aliphatic rings. The van der Waals surface area contributed by atoms with Gasteiger partial charge >= 0.3 is 0 Å². The lowest BCUT2D eigenvalue weighted by atomic mass is 9.94. The molecule has 190 valence electrons. The maximum Gasteiger partial charge on any atom is 0.177 e. The van der Waals surface area contributed by atoms with Crippen LogP contribution in [-0.2, 0) is 0 Å².